The zero-order valence-corrected chi connectivity index (χ0v) is 12.2. The van der Waals surface area contributed by atoms with Gasteiger partial charge >= 0.3 is 0 Å². The molecule has 2 aromatic rings. The highest BCUT2D eigenvalue weighted by atomic mass is 32.2. The van der Waals surface area contributed by atoms with Crippen LogP contribution in [0.4, 0.5) is 0 Å². The third-order valence-corrected chi connectivity index (χ3v) is 3.69. The van der Waals surface area contributed by atoms with Crippen molar-refractivity contribution >= 4 is 11.8 Å². The van der Waals surface area contributed by atoms with E-state index in [9.17, 15) is 0 Å². The Morgan fingerprint density at radius 3 is 2.79 bits per heavy atom. The molecule has 1 aromatic carbocycles. The lowest BCUT2D eigenvalue weighted by molar-refractivity contribution is 0.534. The zero-order valence-electron chi connectivity index (χ0n) is 11.4. The van der Waals surface area contributed by atoms with Crippen molar-refractivity contribution in [2.75, 3.05) is 12.0 Å². The fraction of sp³-hybridized carbons (Fsp3) is 0.429. The van der Waals surface area contributed by atoms with Crippen molar-refractivity contribution < 1.29 is 0 Å². The fourth-order valence-corrected chi connectivity index (χ4v) is 2.59. The molecule has 1 unspecified atom stereocenters. The SMILES string of the molecule is CCC(CSC)NCc1cnn(-c2ccccc2)n1. The normalized spacial score (nSPS) is 12.5. The number of nitrogens with one attached hydrogen (secondary N) is 1. The van der Waals surface area contributed by atoms with Gasteiger partial charge in [-0.25, -0.2) is 0 Å². The summed E-state index contributed by atoms with van der Waals surface area (Å²) >= 11 is 1.87. The molecule has 4 nitrogen and oxygen atoms in total. The molecule has 0 amide bonds. The number of para-hydroxylation sites is 1. The van der Waals surface area contributed by atoms with Gasteiger partial charge in [-0.05, 0) is 24.8 Å². The summed E-state index contributed by atoms with van der Waals surface area (Å²) < 4.78 is 0. The van der Waals surface area contributed by atoms with E-state index in [1.54, 1.807) is 4.80 Å². The number of thioether (sulfide) groups is 1. The summed E-state index contributed by atoms with van der Waals surface area (Å²) in [6.07, 6.45) is 5.09. The molecule has 0 aliphatic carbocycles. The van der Waals surface area contributed by atoms with Gasteiger partial charge in [0.15, 0.2) is 0 Å². The monoisotopic (exact) mass is 276 g/mol. The molecule has 19 heavy (non-hydrogen) atoms. The molecular weight excluding hydrogens is 256 g/mol. The minimum atomic E-state index is 0.539. The van der Waals surface area contributed by atoms with E-state index in [0.717, 1.165) is 30.1 Å². The minimum absolute atomic E-state index is 0.539. The quantitative estimate of drug-likeness (QED) is 0.844. The van der Waals surface area contributed by atoms with E-state index in [1.807, 2.05) is 48.3 Å². The van der Waals surface area contributed by atoms with E-state index >= 15 is 0 Å². The van der Waals surface area contributed by atoms with Crippen LogP contribution in [0.2, 0.25) is 0 Å². The second-order valence-electron chi connectivity index (χ2n) is 4.40. The van der Waals surface area contributed by atoms with Crippen molar-refractivity contribution in [2.45, 2.75) is 25.9 Å². The molecule has 0 fully saturated rings. The average Bonchev–Trinajstić information content (AvgIpc) is 2.93. The lowest BCUT2D eigenvalue weighted by atomic mass is 10.2. The van der Waals surface area contributed by atoms with Crippen LogP contribution in [0.5, 0.6) is 0 Å². The van der Waals surface area contributed by atoms with E-state index in [1.165, 1.54) is 0 Å². The van der Waals surface area contributed by atoms with Gasteiger partial charge in [0.1, 0.15) is 0 Å². The van der Waals surface area contributed by atoms with Gasteiger partial charge in [0.05, 0.1) is 17.6 Å². The molecule has 2 rings (SSSR count). The first-order valence-electron chi connectivity index (χ1n) is 6.52. The van der Waals surface area contributed by atoms with Gasteiger partial charge in [0.2, 0.25) is 0 Å². The first-order chi connectivity index (χ1) is 9.33. The molecule has 0 radical (unpaired) electrons. The van der Waals surface area contributed by atoms with Crippen LogP contribution in [0.3, 0.4) is 0 Å². The maximum absolute atomic E-state index is 4.48. The summed E-state index contributed by atoms with van der Waals surface area (Å²) in [4.78, 5) is 1.67. The molecule has 1 heterocycles. The van der Waals surface area contributed by atoms with Gasteiger partial charge in [-0.2, -0.15) is 26.8 Å². The summed E-state index contributed by atoms with van der Waals surface area (Å²) in [5.74, 6) is 1.13. The van der Waals surface area contributed by atoms with E-state index in [-0.39, 0.29) is 0 Å². The molecule has 1 atom stereocenters. The standard InChI is InChI=1S/C14H20N4S/c1-3-12(11-19-2)15-9-13-10-16-18(17-13)14-7-5-4-6-8-14/h4-8,10,12,15H,3,9,11H2,1-2H3. The van der Waals surface area contributed by atoms with Crippen molar-refractivity contribution in [3.63, 3.8) is 0 Å². The van der Waals surface area contributed by atoms with Crippen LogP contribution in [0, 0.1) is 0 Å². The molecule has 0 bridgehead atoms. The summed E-state index contributed by atoms with van der Waals surface area (Å²) in [5, 5.41) is 12.3. The van der Waals surface area contributed by atoms with E-state index in [2.05, 4.69) is 28.7 Å². The summed E-state index contributed by atoms with van der Waals surface area (Å²) in [6, 6.07) is 10.5. The smallest absolute Gasteiger partial charge is 0.0969 e. The van der Waals surface area contributed by atoms with E-state index in [4.69, 9.17) is 0 Å². The Balaban J connectivity index is 1.94. The van der Waals surface area contributed by atoms with Gasteiger partial charge in [0.25, 0.3) is 0 Å². The first kappa shape index (κ1) is 14.1. The summed E-state index contributed by atoms with van der Waals surface area (Å²) in [7, 11) is 0. The predicted molar refractivity (Wildman–Crippen MR) is 80.7 cm³/mol. The average molecular weight is 276 g/mol. The molecule has 0 aliphatic heterocycles. The second kappa shape index (κ2) is 7.31. The molecule has 1 N–H and O–H groups in total. The summed E-state index contributed by atoms with van der Waals surface area (Å²) in [5.41, 5.74) is 1.97. The van der Waals surface area contributed by atoms with Crippen molar-refractivity contribution in [1.29, 1.82) is 0 Å². The van der Waals surface area contributed by atoms with E-state index < -0.39 is 0 Å². The van der Waals surface area contributed by atoms with Crippen LogP contribution in [0.15, 0.2) is 36.5 Å². The Hall–Kier alpha value is -1.33. The van der Waals surface area contributed by atoms with Crippen LogP contribution >= 0.6 is 11.8 Å². The Bertz CT molecular complexity index is 483. The molecule has 0 saturated carbocycles. The lowest BCUT2D eigenvalue weighted by Gasteiger charge is -2.14. The molecular formula is C14H20N4S. The molecule has 0 spiro atoms. The van der Waals surface area contributed by atoms with Crippen LogP contribution in [-0.2, 0) is 6.54 Å². The van der Waals surface area contributed by atoms with Crippen LogP contribution < -0.4 is 5.32 Å². The minimum Gasteiger partial charge on any atom is -0.307 e. The Morgan fingerprint density at radius 2 is 2.11 bits per heavy atom. The molecule has 1 aromatic heterocycles. The van der Waals surface area contributed by atoms with Crippen molar-refractivity contribution in [2.24, 2.45) is 0 Å². The first-order valence-corrected chi connectivity index (χ1v) is 7.91. The number of hydrogen-bond acceptors (Lipinski definition) is 4. The van der Waals surface area contributed by atoms with E-state index in [0.29, 0.717) is 6.04 Å². The molecule has 0 saturated heterocycles. The van der Waals surface area contributed by atoms with Gasteiger partial charge in [-0.15, -0.1) is 0 Å². The maximum Gasteiger partial charge on any atom is 0.0969 e. The third-order valence-electron chi connectivity index (χ3n) is 2.96. The van der Waals surface area contributed by atoms with Crippen molar-refractivity contribution in [3.05, 3.63) is 42.2 Å². The van der Waals surface area contributed by atoms with Crippen molar-refractivity contribution in [1.82, 2.24) is 20.3 Å². The number of rotatable bonds is 7. The summed E-state index contributed by atoms with van der Waals surface area (Å²) in [6.45, 7) is 2.97. The maximum atomic E-state index is 4.48. The number of benzene rings is 1. The van der Waals surface area contributed by atoms with Crippen molar-refractivity contribution in [3.8, 4) is 5.69 Å². The highest BCUT2D eigenvalue weighted by molar-refractivity contribution is 7.98. The molecule has 102 valence electrons. The van der Waals surface area contributed by atoms with Crippen LogP contribution in [0.25, 0.3) is 5.69 Å². The number of nitrogens with zero attached hydrogens (tertiary/aromatic N) is 3. The van der Waals surface area contributed by atoms with Crippen LogP contribution in [0.1, 0.15) is 19.0 Å². The lowest BCUT2D eigenvalue weighted by Crippen LogP contribution is -2.30. The van der Waals surface area contributed by atoms with Gasteiger partial charge < -0.3 is 5.32 Å². The Morgan fingerprint density at radius 1 is 1.32 bits per heavy atom. The highest BCUT2D eigenvalue weighted by Crippen LogP contribution is 2.05. The molecule has 5 heteroatoms. The van der Waals surface area contributed by atoms with Gasteiger partial charge in [0, 0.05) is 18.3 Å². The highest BCUT2D eigenvalue weighted by Gasteiger charge is 2.07. The predicted octanol–water partition coefficient (Wildman–Crippen LogP) is 2.50. The topological polar surface area (TPSA) is 42.7 Å². The fourth-order valence-electron chi connectivity index (χ4n) is 1.83. The molecule has 0 aliphatic rings. The van der Waals surface area contributed by atoms with Gasteiger partial charge in [-0.3, -0.25) is 0 Å². The Labute approximate surface area is 118 Å². The zero-order chi connectivity index (χ0) is 13.5. The third kappa shape index (κ3) is 4.08. The Kier molecular flexibility index (Phi) is 5.42. The van der Waals surface area contributed by atoms with Gasteiger partial charge in [-0.1, -0.05) is 25.1 Å². The number of aromatic nitrogens is 3. The largest absolute Gasteiger partial charge is 0.307 e. The van der Waals surface area contributed by atoms with Crippen LogP contribution in [-0.4, -0.2) is 33.0 Å². The number of hydrogen-bond donors (Lipinski definition) is 1. The second-order valence-corrected chi connectivity index (χ2v) is 5.31.